The molecule has 1 aromatic heterocycles. The van der Waals surface area contributed by atoms with Crippen molar-refractivity contribution in [3.8, 4) is 5.75 Å². The van der Waals surface area contributed by atoms with E-state index in [0.29, 0.717) is 17.0 Å². The predicted octanol–water partition coefficient (Wildman–Crippen LogP) is 3.06. The summed E-state index contributed by atoms with van der Waals surface area (Å²) < 4.78 is 18.8. The molecule has 0 unspecified atom stereocenters. The van der Waals surface area contributed by atoms with Gasteiger partial charge in [-0.25, -0.2) is 9.37 Å². The van der Waals surface area contributed by atoms with E-state index in [4.69, 9.17) is 4.74 Å². The Labute approximate surface area is 149 Å². The van der Waals surface area contributed by atoms with Crippen molar-refractivity contribution < 1.29 is 13.9 Å². The molecule has 1 aliphatic rings. The summed E-state index contributed by atoms with van der Waals surface area (Å²) >= 11 is 1.27. The van der Waals surface area contributed by atoms with Gasteiger partial charge in [0.15, 0.2) is 17.4 Å². The Balaban J connectivity index is 1.42. The first-order valence-corrected chi connectivity index (χ1v) is 9.40. The van der Waals surface area contributed by atoms with Crippen molar-refractivity contribution in [2.45, 2.75) is 49.9 Å². The van der Waals surface area contributed by atoms with Gasteiger partial charge in [0, 0.05) is 6.04 Å². The number of aromatic nitrogens is 3. The van der Waals surface area contributed by atoms with E-state index in [-0.39, 0.29) is 24.0 Å². The number of benzene rings is 1. The van der Waals surface area contributed by atoms with Crippen LogP contribution >= 0.6 is 11.8 Å². The molecule has 0 aliphatic heterocycles. The lowest BCUT2D eigenvalue weighted by Gasteiger charge is -2.22. The highest BCUT2D eigenvalue weighted by molar-refractivity contribution is 7.99. The maximum Gasteiger partial charge on any atom is 0.230 e. The molecule has 2 N–H and O–H groups in total. The van der Waals surface area contributed by atoms with Crippen LogP contribution in [0, 0.1) is 5.82 Å². The number of thioether (sulfide) groups is 1. The second-order valence-corrected chi connectivity index (χ2v) is 6.92. The fourth-order valence-corrected chi connectivity index (χ4v) is 3.39. The Morgan fingerprint density at radius 2 is 2.12 bits per heavy atom. The topological polar surface area (TPSA) is 79.9 Å². The zero-order valence-corrected chi connectivity index (χ0v) is 14.7. The van der Waals surface area contributed by atoms with E-state index in [1.807, 2.05) is 0 Å². The molecule has 0 atom stereocenters. The van der Waals surface area contributed by atoms with Crippen molar-refractivity contribution in [3.63, 3.8) is 0 Å². The van der Waals surface area contributed by atoms with Crippen molar-refractivity contribution in [1.29, 1.82) is 0 Å². The van der Waals surface area contributed by atoms with E-state index in [2.05, 4.69) is 20.5 Å². The van der Waals surface area contributed by atoms with Gasteiger partial charge in [0.25, 0.3) is 0 Å². The summed E-state index contributed by atoms with van der Waals surface area (Å²) in [5, 5.41) is 10.3. The van der Waals surface area contributed by atoms with Gasteiger partial charge in [0.2, 0.25) is 11.1 Å². The predicted molar refractivity (Wildman–Crippen MR) is 92.9 cm³/mol. The first kappa shape index (κ1) is 17.7. The van der Waals surface area contributed by atoms with Gasteiger partial charge in [0.05, 0.1) is 5.75 Å². The van der Waals surface area contributed by atoms with Gasteiger partial charge < -0.3 is 10.1 Å². The van der Waals surface area contributed by atoms with Crippen LogP contribution in [-0.2, 0) is 11.4 Å². The number of nitrogens with zero attached hydrogens (tertiary/aromatic N) is 2. The number of aromatic amines is 1. The molecule has 1 saturated carbocycles. The Morgan fingerprint density at radius 3 is 2.92 bits per heavy atom. The average molecular weight is 364 g/mol. The second-order valence-electron chi connectivity index (χ2n) is 5.97. The third kappa shape index (κ3) is 5.45. The number of carbonyl (C=O) groups excluding carboxylic acids is 1. The molecular formula is C17H21FN4O2S. The zero-order valence-electron chi connectivity index (χ0n) is 13.8. The number of rotatable bonds is 7. The number of hydrogen-bond acceptors (Lipinski definition) is 5. The molecule has 1 aliphatic carbocycles. The standard InChI is InChI=1S/C17H21FN4O2S/c18-13-8-4-5-9-14(13)24-10-15-20-17(22-21-15)25-11-16(23)19-12-6-2-1-3-7-12/h4-5,8-9,12H,1-3,6-7,10-11H2,(H,19,23)(H,20,21,22). The molecule has 1 amide bonds. The third-order valence-electron chi connectivity index (χ3n) is 4.01. The van der Waals surface area contributed by atoms with E-state index < -0.39 is 5.82 Å². The van der Waals surface area contributed by atoms with Crippen LogP contribution in [0.15, 0.2) is 29.4 Å². The molecule has 1 heterocycles. The number of hydrogen-bond donors (Lipinski definition) is 2. The molecule has 1 aromatic carbocycles. The summed E-state index contributed by atoms with van der Waals surface area (Å²) in [5.74, 6) is 0.516. The highest BCUT2D eigenvalue weighted by atomic mass is 32.2. The second kappa shape index (κ2) is 8.84. The molecule has 25 heavy (non-hydrogen) atoms. The fraction of sp³-hybridized carbons (Fsp3) is 0.471. The Morgan fingerprint density at radius 1 is 1.32 bits per heavy atom. The van der Waals surface area contributed by atoms with Crippen LogP contribution in [0.2, 0.25) is 0 Å². The summed E-state index contributed by atoms with van der Waals surface area (Å²) in [6.07, 6.45) is 5.76. The van der Waals surface area contributed by atoms with Gasteiger partial charge in [-0.05, 0) is 25.0 Å². The number of carbonyl (C=O) groups is 1. The van der Waals surface area contributed by atoms with Crippen molar-refractivity contribution in [3.05, 3.63) is 35.9 Å². The molecule has 2 aromatic rings. The first-order valence-electron chi connectivity index (χ1n) is 8.41. The van der Waals surface area contributed by atoms with Gasteiger partial charge in [-0.3, -0.25) is 9.89 Å². The summed E-state index contributed by atoms with van der Waals surface area (Å²) in [7, 11) is 0. The van der Waals surface area contributed by atoms with Crippen LogP contribution in [0.4, 0.5) is 4.39 Å². The molecule has 0 radical (unpaired) electrons. The van der Waals surface area contributed by atoms with Gasteiger partial charge in [0.1, 0.15) is 6.61 Å². The van der Waals surface area contributed by atoms with Crippen LogP contribution < -0.4 is 10.1 Å². The summed E-state index contributed by atoms with van der Waals surface area (Å²) in [5.41, 5.74) is 0. The highest BCUT2D eigenvalue weighted by Gasteiger charge is 2.16. The van der Waals surface area contributed by atoms with Crippen LogP contribution in [-0.4, -0.2) is 32.9 Å². The third-order valence-corrected chi connectivity index (χ3v) is 4.86. The van der Waals surface area contributed by atoms with Crippen LogP contribution in [0.3, 0.4) is 0 Å². The minimum Gasteiger partial charge on any atom is -0.483 e. The van der Waals surface area contributed by atoms with Gasteiger partial charge in [-0.15, -0.1) is 5.10 Å². The molecule has 0 saturated heterocycles. The molecular weight excluding hydrogens is 343 g/mol. The Bertz CT molecular complexity index is 703. The lowest BCUT2D eigenvalue weighted by Crippen LogP contribution is -2.37. The molecule has 0 spiro atoms. The maximum absolute atomic E-state index is 13.5. The van der Waals surface area contributed by atoms with E-state index >= 15 is 0 Å². The summed E-state index contributed by atoms with van der Waals surface area (Å²) in [4.78, 5) is 16.2. The number of amides is 1. The van der Waals surface area contributed by atoms with Crippen molar-refractivity contribution in [2.75, 3.05) is 5.75 Å². The first-order chi connectivity index (χ1) is 12.2. The van der Waals surface area contributed by atoms with Crippen molar-refractivity contribution in [2.24, 2.45) is 0 Å². The molecule has 0 bridgehead atoms. The minimum absolute atomic E-state index is 0.00542. The maximum atomic E-state index is 13.5. The zero-order chi connectivity index (χ0) is 17.5. The quantitative estimate of drug-likeness (QED) is 0.738. The van der Waals surface area contributed by atoms with Gasteiger partial charge in [-0.2, -0.15) is 0 Å². The molecule has 8 heteroatoms. The monoisotopic (exact) mass is 364 g/mol. The fourth-order valence-electron chi connectivity index (χ4n) is 2.76. The SMILES string of the molecule is O=C(CSc1n[nH]c(COc2ccccc2F)n1)NC1CCCCC1. The number of nitrogens with one attached hydrogen (secondary N) is 2. The van der Waals surface area contributed by atoms with Crippen LogP contribution in [0.25, 0.3) is 0 Å². The van der Waals surface area contributed by atoms with Gasteiger partial charge in [-0.1, -0.05) is 43.2 Å². The average Bonchev–Trinajstić information content (AvgIpc) is 3.08. The van der Waals surface area contributed by atoms with E-state index in [1.165, 1.54) is 37.1 Å². The smallest absolute Gasteiger partial charge is 0.230 e. The van der Waals surface area contributed by atoms with E-state index in [9.17, 15) is 9.18 Å². The Kier molecular flexibility index (Phi) is 6.27. The lowest BCUT2D eigenvalue weighted by atomic mass is 9.95. The summed E-state index contributed by atoms with van der Waals surface area (Å²) in [6.45, 7) is 0.0861. The van der Waals surface area contributed by atoms with Crippen LogP contribution in [0.1, 0.15) is 37.9 Å². The van der Waals surface area contributed by atoms with Crippen LogP contribution in [0.5, 0.6) is 5.75 Å². The van der Waals surface area contributed by atoms with E-state index in [0.717, 1.165) is 12.8 Å². The largest absolute Gasteiger partial charge is 0.483 e. The highest BCUT2D eigenvalue weighted by Crippen LogP contribution is 2.19. The lowest BCUT2D eigenvalue weighted by molar-refractivity contribution is -0.119. The molecule has 3 rings (SSSR count). The van der Waals surface area contributed by atoms with Crippen molar-refractivity contribution in [1.82, 2.24) is 20.5 Å². The number of H-pyrrole nitrogens is 1. The number of ether oxygens (including phenoxy) is 1. The number of halogens is 1. The van der Waals surface area contributed by atoms with E-state index in [1.54, 1.807) is 18.2 Å². The Hall–Kier alpha value is -2.09. The molecule has 1 fully saturated rings. The molecule has 134 valence electrons. The molecule has 6 nitrogen and oxygen atoms in total. The normalized spacial score (nSPS) is 15.1. The number of para-hydroxylation sites is 1. The summed E-state index contributed by atoms with van der Waals surface area (Å²) in [6, 6.07) is 6.49. The van der Waals surface area contributed by atoms with Crippen molar-refractivity contribution >= 4 is 17.7 Å². The van der Waals surface area contributed by atoms with Gasteiger partial charge >= 0.3 is 0 Å². The minimum atomic E-state index is -0.420.